The molecule has 0 radical (unpaired) electrons. The summed E-state index contributed by atoms with van der Waals surface area (Å²) in [4.78, 5) is 3.36. The number of alkyl halides is 1. The third-order valence-corrected chi connectivity index (χ3v) is 5.18. The molecule has 0 aromatic carbocycles. The molecule has 0 unspecified atom stereocenters. The number of piperazine rings is 1. The molecule has 1 saturated heterocycles. The van der Waals surface area contributed by atoms with Crippen LogP contribution in [-0.2, 0) is 0 Å². The van der Waals surface area contributed by atoms with E-state index in [1.54, 1.807) is 11.3 Å². The Morgan fingerprint density at radius 2 is 2.06 bits per heavy atom. The minimum Gasteiger partial charge on any atom is -0.314 e. The minimum absolute atomic E-state index is 0. The molecule has 1 aromatic rings. The number of nitrogens with one attached hydrogen (secondary N) is 1. The maximum atomic E-state index is 13.2. The van der Waals surface area contributed by atoms with E-state index in [0.29, 0.717) is 0 Å². The summed E-state index contributed by atoms with van der Waals surface area (Å²) >= 11 is 5.16. The van der Waals surface area contributed by atoms with Gasteiger partial charge in [0.2, 0.25) is 0 Å². The second-order valence-electron chi connectivity index (χ2n) is 4.06. The van der Waals surface area contributed by atoms with Gasteiger partial charge < -0.3 is 5.32 Å². The smallest absolute Gasteiger partial charge is 0.110 e. The fourth-order valence-electron chi connectivity index (χ4n) is 2.00. The lowest BCUT2D eigenvalue weighted by Crippen LogP contribution is -2.45. The van der Waals surface area contributed by atoms with Crippen molar-refractivity contribution in [3.8, 4) is 0 Å². The van der Waals surface area contributed by atoms with Gasteiger partial charge in [-0.05, 0) is 34.5 Å². The maximum Gasteiger partial charge on any atom is 0.110 e. The fraction of sp³-hybridized carbons (Fsp3) is 0.636. The molecule has 0 aliphatic carbocycles. The molecule has 7 heteroatoms. The van der Waals surface area contributed by atoms with E-state index in [2.05, 4.69) is 39.1 Å². The average Bonchev–Trinajstić information content (AvgIpc) is 2.61. The van der Waals surface area contributed by atoms with Gasteiger partial charge in [-0.15, -0.1) is 36.2 Å². The topological polar surface area (TPSA) is 15.3 Å². The largest absolute Gasteiger partial charge is 0.314 e. The van der Waals surface area contributed by atoms with Crippen molar-refractivity contribution in [2.45, 2.75) is 13.0 Å². The van der Waals surface area contributed by atoms with Gasteiger partial charge in [-0.25, -0.2) is 4.39 Å². The quantitative estimate of drug-likeness (QED) is 0.863. The first-order valence-corrected chi connectivity index (χ1v) is 7.10. The monoisotopic (exact) mass is 378 g/mol. The van der Waals surface area contributed by atoms with Crippen molar-refractivity contribution in [3.63, 3.8) is 0 Å². The van der Waals surface area contributed by atoms with Crippen LogP contribution < -0.4 is 5.32 Å². The predicted molar refractivity (Wildman–Crippen MR) is 84.4 cm³/mol. The molecule has 0 spiro atoms. The minimum atomic E-state index is -0.299. The highest BCUT2D eigenvalue weighted by atomic mass is 79.9. The first-order chi connectivity index (χ1) is 7.72. The van der Waals surface area contributed by atoms with Crippen LogP contribution in [0.2, 0.25) is 0 Å². The first-order valence-electron chi connectivity index (χ1n) is 5.49. The van der Waals surface area contributed by atoms with E-state index in [1.165, 1.54) is 5.56 Å². The van der Waals surface area contributed by atoms with Crippen molar-refractivity contribution in [3.05, 3.63) is 20.3 Å². The van der Waals surface area contributed by atoms with Gasteiger partial charge in [0.05, 0.1) is 9.83 Å². The molecule has 2 heterocycles. The summed E-state index contributed by atoms with van der Waals surface area (Å²) in [6, 6.07) is 2.04. The Hall–Kier alpha value is 0.610. The summed E-state index contributed by atoms with van der Waals surface area (Å²) in [6.45, 7) is 5.54. The lowest BCUT2D eigenvalue weighted by molar-refractivity contribution is 0.150. The average molecular weight is 380 g/mol. The SMILES string of the molecule is Cc1cc([C@H](CF)N2CCNCC2)sc1Br.Cl.Cl. The van der Waals surface area contributed by atoms with Crippen molar-refractivity contribution in [1.29, 1.82) is 0 Å². The second kappa shape index (κ2) is 8.72. The molecule has 0 amide bonds. The lowest BCUT2D eigenvalue weighted by atomic mass is 10.2. The lowest BCUT2D eigenvalue weighted by Gasteiger charge is -2.32. The van der Waals surface area contributed by atoms with Crippen LogP contribution in [0.15, 0.2) is 9.85 Å². The van der Waals surface area contributed by atoms with Gasteiger partial charge in [0.1, 0.15) is 6.67 Å². The highest BCUT2D eigenvalue weighted by Gasteiger charge is 2.23. The Morgan fingerprint density at radius 3 is 2.50 bits per heavy atom. The van der Waals surface area contributed by atoms with Crippen LogP contribution in [-0.4, -0.2) is 37.8 Å². The molecule has 1 aromatic heterocycles. The summed E-state index contributed by atoms with van der Waals surface area (Å²) in [7, 11) is 0. The molecule has 2 rings (SSSR count). The fourth-order valence-corrected chi connectivity index (χ4v) is 3.68. The van der Waals surface area contributed by atoms with Crippen LogP contribution in [0.3, 0.4) is 0 Å². The Balaban J connectivity index is 0.00000144. The number of hydrogen-bond acceptors (Lipinski definition) is 3. The molecule has 1 N–H and O–H groups in total. The highest BCUT2D eigenvalue weighted by molar-refractivity contribution is 9.11. The van der Waals surface area contributed by atoms with Crippen LogP contribution in [0.1, 0.15) is 16.5 Å². The van der Waals surface area contributed by atoms with E-state index in [-0.39, 0.29) is 37.5 Å². The van der Waals surface area contributed by atoms with Gasteiger partial charge >= 0.3 is 0 Å². The third kappa shape index (κ3) is 4.32. The van der Waals surface area contributed by atoms with Gasteiger partial charge in [-0.3, -0.25) is 4.90 Å². The Bertz CT molecular complexity index is 339. The molecular weight excluding hydrogens is 362 g/mol. The van der Waals surface area contributed by atoms with Crippen LogP contribution in [0, 0.1) is 6.92 Å². The van der Waals surface area contributed by atoms with E-state index >= 15 is 0 Å². The molecule has 1 atom stereocenters. The van der Waals surface area contributed by atoms with Crippen molar-refractivity contribution < 1.29 is 4.39 Å². The van der Waals surface area contributed by atoms with Gasteiger partial charge in [-0.2, -0.15) is 0 Å². The zero-order chi connectivity index (χ0) is 11.5. The van der Waals surface area contributed by atoms with E-state index in [1.807, 2.05) is 0 Å². The molecule has 1 aliphatic rings. The van der Waals surface area contributed by atoms with Crippen LogP contribution in [0.25, 0.3) is 0 Å². The van der Waals surface area contributed by atoms with Crippen molar-refractivity contribution >= 4 is 52.1 Å². The molecule has 106 valence electrons. The number of rotatable bonds is 3. The van der Waals surface area contributed by atoms with E-state index in [0.717, 1.165) is 34.8 Å². The normalized spacial score (nSPS) is 17.7. The Labute approximate surface area is 132 Å². The van der Waals surface area contributed by atoms with E-state index < -0.39 is 0 Å². The van der Waals surface area contributed by atoms with E-state index in [4.69, 9.17) is 0 Å². The number of nitrogens with zero attached hydrogens (tertiary/aromatic N) is 1. The summed E-state index contributed by atoms with van der Waals surface area (Å²) in [5.41, 5.74) is 1.20. The summed E-state index contributed by atoms with van der Waals surface area (Å²) < 4.78 is 14.3. The van der Waals surface area contributed by atoms with Crippen molar-refractivity contribution in [2.24, 2.45) is 0 Å². The molecule has 18 heavy (non-hydrogen) atoms. The molecule has 1 fully saturated rings. The van der Waals surface area contributed by atoms with Crippen molar-refractivity contribution in [2.75, 3.05) is 32.9 Å². The third-order valence-electron chi connectivity index (χ3n) is 2.94. The Morgan fingerprint density at radius 1 is 1.44 bits per heavy atom. The number of thiophene rings is 1. The molecule has 0 bridgehead atoms. The van der Waals surface area contributed by atoms with E-state index in [9.17, 15) is 4.39 Å². The molecule has 2 nitrogen and oxygen atoms in total. The summed E-state index contributed by atoms with van der Waals surface area (Å²) in [6.07, 6.45) is 0. The zero-order valence-electron chi connectivity index (χ0n) is 10.1. The first kappa shape index (κ1) is 18.6. The summed E-state index contributed by atoms with van der Waals surface area (Å²) in [5.74, 6) is 0. The number of aryl methyl sites for hydroxylation is 1. The molecule has 1 aliphatic heterocycles. The van der Waals surface area contributed by atoms with Crippen LogP contribution in [0.4, 0.5) is 4.39 Å². The van der Waals surface area contributed by atoms with Gasteiger partial charge in [0.25, 0.3) is 0 Å². The van der Waals surface area contributed by atoms with Crippen molar-refractivity contribution in [1.82, 2.24) is 10.2 Å². The summed E-state index contributed by atoms with van der Waals surface area (Å²) in [5, 5.41) is 3.29. The second-order valence-corrected chi connectivity index (χ2v) is 6.46. The van der Waals surface area contributed by atoms with Gasteiger partial charge in [0.15, 0.2) is 0 Å². The Kier molecular flexibility index (Phi) is 9.01. The zero-order valence-corrected chi connectivity index (χ0v) is 14.2. The number of hydrogen-bond donors (Lipinski definition) is 1. The van der Waals surface area contributed by atoms with Crippen LogP contribution in [0.5, 0.6) is 0 Å². The standard InChI is InChI=1S/C11H16BrFN2S.2ClH/c1-8-6-10(16-11(8)12)9(7-13)15-4-2-14-3-5-15;;/h6,9,14H,2-5,7H2,1H3;2*1H/t9-;;/m0../s1. The molecule has 0 saturated carbocycles. The van der Waals surface area contributed by atoms with Gasteiger partial charge in [-0.1, -0.05) is 0 Å². The predicted octanol–water partition coefficient (Wildman–Crippen LogP) is 3.58. The van der Waals surface area contributed by atoms with Gasteiger partial charge in [0, 0.05) is 31.1 Å². The maximum absolute atomic E-state index is 13.2. The van der Waals surface area contributed by atoms with Crippen LogP contribution >= 0.6 is 52.1 Å². The highest BCUT2D eigenvalue weighted by Crippen LogP contribution is 2.34. The molecular formula is C11H18BrCl2FN2S. The number of halogens is 4.